The minimum atomic E-state index is -0.255. The summed E-state index contributed by atoms with van der Waals surface area (Å²) >= 11 is 5.89. The minimum Gasteiger partial charge on any atom is -0.494 e. The number of anilines is 1. The monoisotopic (exact) mass is 262 g/mol. The van der Waals surface area contributed by atoms with Crippen molar-refractivity contribution in [2.24, 2.45) is 0 Å². The Bertz CT molecular complexity index is 599. The molecule has 1 aromatic heterocycles. The summed E-state index contributed by atoms with van der Waals surface area (Å²) in [6.07, 6.45) is 1.54. The van der Waals surface area contributed by atoms with E-state index >= 15 is 0 Å². The molecule has 4 nitrogen and oxygen atoms in total. The first-order valence-electron chi connectivity index (χ1n) is 5.22. The summed E-state index contributed by atoms with van der Waals surface area (Å²) in [4.78, 5) is 16.3. The first kappa shape index (κ1) is 12.4. The Labute approximate surface area is 109 Å². The fraction of sp³-hybridized carbons (Fsp3) is 0.0769. The lowest BCUT2D eigenvalue weighted by molar-refractivity contribution is 0.103. The number of halogens is 1. The van der Waals surface area contributed by atoms with Crippen molar-refractivity contribution in [1.82, 2.24) is 4.98 Å². The highest BCUT2D eigenvalue weighted by Crippen LogP contribution is 2.23. The molecule has 0 saturated carbocycles. The molecule has 92 valence electrons. The molecule has 0 saturated heterocycles. The normalized spacial score (nSPS) is 10.1. The van der Waals surface area contributed by atoms with Gasteiger partial charge in [0.2, 0.25) is 5.78 Å². The molecular formula is C13H11ClN2O2. The van der Waals surface area contributed by atoms with Crippen LogP contribution in [-0.2, 0) is 0 Å². The second-order valence-electron chi connectivity index (χ2n) is 3.62. The van der Waals surface area contributed by atoms with Crippen molar-refractivity contribution in [2.75, 3.05) is 12.8 Å². The molecule has 0 atom stereocenters. The number of aromatic nitrogens is 1. The van der Waals surface area contributed by atoms with Gasteiger partial charge in [0, 0.05) is 11.8 Å². The number of ketones is 1. The predicted molar refractivity (Wildman–Crippen MR) is 70.1 cm³/mol. The lowest BCUT2D eigenvalue weighted by Crippen LogP contribution is -2.06. The van der Waals surface area contributed by atoms with Crippen LogP contribution < -0.4 is 10.5 Å². The lowest BCUT2D eigenvalue weighted by atomic mass is 10.1. The average molecular weight is 263 g/mol. The van der Waals surface area contributed by atoms with Gasteiger partial charge in [-0.15, -0.1) is 0 Å². The van der Waals surface area contributed by atoms with Crippen LogP contribution >= 0.6 is 11.6 Å². The Morgan fingerprint density at radius 2 is 2.17 bits per heavy atom. The summed E-state index contributed by atoms with van der Waals surface area (Å²) in [5.74, 6) is 0.171. The van der Waals surface area contributed by atoms with Crippen LogP contribution in [-0.4, -0.2) is 17.9 Å². The molecule has 0 bridgehead atoms. The smallest absolute Gasteiger partial charge is 0.215 e. The summed E-state index contributed by atoms with van der Waals surface area (Å²) < 4.78 is 5.10. The summed E-state index contributed by atoms with van der Waals surface area (Å²) in [6.45, 7) is 0. The van der Waals surface area contributed by atoms with Crippen molar-refractivity contribution in [3.05, 3.63) is 52.8 Å². The van der Waals surface area contributed by atoms with Crippen LogP contribution in [0.1, 0.15) is 16.1 Å². The lowest BCUT2D eigenvalue weighted by Gasteiger charge is -2.07. The maximum Gasteiger partial charge on any atom is 0.215 e. The molecule has 0 amide bonds. The summed E-state index contributed by atoms with van der Waals surface area (Å²) in [5.41, 5.74) is 6.70. The number of hydrogen-bond acceptors (Lipinski definition) is 4. The van der Waals surface area contributed by atoms with Crippen LogP contribution in [0.5, 0.6) is 5.75 Å². The number of carbonyl (C=O) groups excluding carboxylic acids is 1. The van der Waals surface area contributed by atoms with Gasteiger partial charge < -0.3 is 10.5 Å². The van der Waals surface area contributed by atoms with Gasteiger partial charge in [-0.2, -0.15) is 0 Å². The van der Waals surface area contributed by atoms with Crippen LogP contribution in [0.25, 0.3) is 0 Å². The highest BCUT2D eigenvalue weighted by Gasteiger charge is 2.16. The molecule has 0 aliphatic rings. The number of ether oxygens (including phenoxy) is 1. The number of nitrogen functional groups attached to an aromatic ring is 1. The van der Waals surface area contributed by atoms with E-state index in [4.69, 9.17) is 22.1 Å². The number of hydrogen-bond donors (Lipinski definition) is 1. The van der Waals surface area contributed by atoms with Crippen LogP contribution in [0.2, 0.25) is 5.02 Å². The fourth-order valence-electron chi connectivity index (χ4n) is 1.53. The molecule has 18 heavy (non-hydrogen) atoms. The molecule has 2 aromatic rings. The molecule has 5 heteroatoms. The molecule has 1 aromatic carbocycles. The number of carbonyl (C=O) groups is 1. The number of nitrogens with zero attached hydrogens (tertiary/aromatic N) is 1. The predicted octanol–water partition coefficient (Wildman–Crippen LogP) is 2.56. The topological polar surface area (TPSA) is 65.2 Å². The van der Waals surface area contributed by atoms with Crippen LogP contribution in [0.4, 0.5) is 5.69 Å². The molecule has 0 radical (unpaired) electrons. The van der Waals surface area contributed by atoms with Crippen molar-refractivity contribution >= 4 is 23.1 Å². The van der Waals surface area contributed by atoms with Gasteiger partial charge in [0.15, 0.2) is 5.69 Å². The Balaban J connectivity index is 2.44. The zero-order valence-electron chi connectivity index (χ0n) is 9.68. The molecule has 0 unspecified atom stereocenters. The summed E-state index contributed by atoms with van der Waals surface area (Å²) in [5, 5.41) is 0.343. The molecule has 1 heterocycles. The van der Waals surface area contributed by atoms with E-state index in [0.717, 1.165) is 0 Å². The van der Waals surface area contributed by atoms with Gasteiger partial charge in [-0.05, 0) is 30.3 Å². The fourth-order valence-corrected chi connectivity index (χ4v) is 1.71. The quantitative estimate of drug-likeness (QED) is 0.682. The molecule has 0 aliphatic carbocycles. The van der Waals surface area contributed by atoms with Crippen molar-refractivity contribution < 1.29 is 9.53 Å². The Morgan fingerprint density at radius 1 is 1.39 bits per heavy atom. The molecule has 0 spiro atoms. The van der Waals surface area contributed by atoms with Crippen LogP contribution in [0.3, 0.4) is 0 Å². The third-order valence-electron chi connectivity index (χ3n) is 2.47. The third-order valence-corrected chi connectivity index (χ3v) is 2.80. The zero-order valence-corrected chi connectivity index (χ0v) is 10.4. The molecule has 0 fully saturated rings. The van der Waals surface area contributed by atoms with Crippen molar-refractivity contribution in [1.29, 1.82) is 0 Å². The second-order valence-corrected chi connectivity index (χ2v) is 4.03. The number of nitrogens with two attached hydrogens (primary N) is 1. The first-order chi connectivity index (χ1) is 8.63. The van der Waals surface area contributed by atoms with E-state index in [9.17, 15) is 4.79 Å². The van der Waals surface area contributed by atoms with Gasteiger partial charge in [-0.1, -0.05) is 11.6 Å². The van der Waals surface area contributed by atoms with Gasteiger partial charge in [-0.25, -0.2) is 4.98 Å². The van der Waals surface area contributed by atoms with E-state index in [1.54, 1.807) is 24.3 Å². The van der Waals surface area contributed by atoms with E-state index in [1.807, 2.05) is 0 Å². The maximum absolute atomic E-state index is 12.2. The van der Waals surface area contributed by atoms with Crippen LogP contribution in [0.15, 0.2) is 36.5 Å². The highest BCUT2D eigenvalue weighted by molar-refractivity contribution is 6.33. The Morgan fingerprint density at radius 3 is 2.83 bits per heavy atom. The van der Waals surface area contributed by atoms with E-state index in [1.165, 1.54) is 19.4 Å². The molecule has 0 aliphatic heterocycles. The van der Waals surface area contributed by atoms with Gasteiger partial charge >= 0.3 is 0 Å². The Kier molecular flexibility index (Phi) is 3.48. The summed E-state index contributed by atoms with van der Waals surface area (Å²) in [6, 6.07) is 8.10. The SMILES string of the molecule is COc1cccnc1C(=O)c1ccc(N)c(Cl)c1. The van der Waals surface area contributed by atoms with E-state index in [-0.39, 0.29) is 11.5 Å². The third kappa shape index (κ3) is 2.28. The van der Waals surface area contributed by atoms with Crippen molar-refractivity contribution in [2.45, 2.75) is 0 Å². The minimum absolute atomic E-state index is 0.251. The van der Waals surface area contributed by atoms with E-state index < -0.39 is 0 Å². The van der Waals surface area contributed by atoms with Crippen molar-refractivity contribution in [3.8, 4) is 5.75 Å². The van der Waals surface area contributed by atoms with Gasteiger partial charge in [0.05, 0.1) is 17.8 Å². The van der Waals surface area contributed by atoms with Crippen LogP contribution in [0, 0.1) is 0 Å². The number of pyridine rings is 1. The van der Waals surface area contributed by atoms with E-state index in [0.29, 0.717) is 22.0 Å². The first-order valence-corrected chi connectivity index (χ1v) is 5.60. The molecular weight excluding hydrogens is 252 g/mol. The zero-order chi connectivity index (χ0) is 13.1. The number of benzene rings is 1. The molecule has 2 N–H and O–H groups in total. The maximum atomic E-state index is 12.2. The average Bonchev–Trinajstić information content (AvgIpc) is 2.41. The summed E-state index contributed by atoms with van der Waals surface area (Å²) in [7, 11) is 1.49. The van der Waals surface area contributed by atoms with Gasteiger partial charge in [0.1, 0.15) is 5.75 Å². The standard InChI is InChI=1S/C13H11ClN2O2/c1-18-11-3-2-6-16-12(11)13(17)8-4-5-10(15)9(14)7-8/h2-7H,15H2,1H3. The van der Waals surface area contributed by atoms with Gasteiger partial charge in [-0.3, -0.25) is 4.79 Å². The highest BCUT2D eigenvalue weighted by atomic mass is 35.5. The van der Waals surface area contributed by atoms with E-state index in [2.05, 4.69) is 4.98 Å². The number of methoxy groups -OCH3 is 1. The largest absolute Gasteiger partial charge is 0.494 e. The Hall–Kier alpha value is -2.07. The van der Waals surface area contributed by atoms with Crippen molar-refractivity contribution in [3.63, 3.8) is 0 Å². The molecule has 2 rings (SSSR count). The number of rotatable bonds is 3. The second kappa shape index (κ2) is 5.06. The van der Waals surface area contributed by atoms with Gasteiger partial charge in [0.25, 0.3) is 0 Å².